The van der Waals surface area contributed by atoms with Crippen LogP contribution in [0.5, 0.6) is 5.75 Å². The van der Waals surface area contributed by atoms with Crippen LogP contribution in [0.25, 0.3) is 0 Å². The maximum Gasteiger partial charge on any atom is 0.271 e. The number of nitrogen functional groups attached to an aromatic ring is 1. The lowest BCUT2D eigenvalue weighted by Gasteiger charge is -2.42. The van der Waals surface area contributed by atoms with Crippen LogP contribution in [0.15, 0.2) is 18.2 Å². The SMILES string of the molecule is CCC(N)CN1C(=O)C(CC)(CC)Oc2cc(N)ccc21. The second-order valence-corrected chi connectivity index (χ2v) is 5.61. The number of hydrogen-bond acceptors (Lipinski definition) is 4. The van der Waals surface area contributed by atoms with Gasteiger partial charge in [0.1, 0.15) is 5.75 Å². The van der Waals surface area contributed by atoms with Gasteiger partial charge in [-0.05, 0) is 31.4 Å². The first-order valence-electron chi connectivity index (χ1n) is 7.63. The summed E-state index contributed by atoms with van der Waals surface area (Å²) in [6, 6.07) is 5.35. The highest BCUT2D eigenvalue weighted by Crippen LogP contribution is 2.41. The third-order valence-electron chi connectivity index (χ3n) is 4.30. The molecule has 1 unspecified atom stereocenters. The van der Waals surface area contributed by atoms with Crippen molar-refractivity contribution < 1.29 is 9.53 Å². The molecule has 1 atom stereocenters. The van der Waals surface area contributed by atoms with Gasteiger partial charge in [0.05, 0.1) is 5.69 Å². The molecule has 5 nitrogen and oxygen atoms in total. The highest BCUT2D eigenvalue weighted by Gasteiger charge is 2.45. The number of fused-ring (bicyclic) bond motifs is 1. The number of carbonyl (C=O) groups is 1. The monoisotopic (exact) mass is 291 g/mol. The molecule has 1 heterocycles. The van der Waals surface area contributed by atoms with E-state index in [0.717, 1.165) is 12.1 Å². The van der Waals surface area contributed by atoms with Crippen molar-refractivity contribution in [2.24, 2.45) is 5.73 Å². The van der Waals surface area contributed by atoms with Gasteiger partial charge in [-0.1, -0.05) is 20.8 Å². The van der Waals surface area contributed by atoms with Crippen LogP contribution in [0.1, 0.15) is 40.0 Å². The Morgan fingerprint density at radius 3 is 2.52 bits per heavy atom. The summed E-state index contributed by atoms with van der Waals surface area (Å²) in [6.45, 7) is 6.46. The molecule has 5 heteroatoms. The van der Waals surface area contributed by atoms with Gasteiger partial charge in [-0.15, -0.1) is 0 Å². The van der Waals surface area contributed by atoms with Crippen molar-refractivity contribution in [3.8, 4) is 5.75 Å². The second-order valence-electron chi connectivity index (χ2n) is 5.61. The van der Waals surface area contributed by atoms with Crippen molar-refractivity contribution in [1.82, 2.24) is 0 Å². The highest BCUT2D eigenvalue weighted by molar-refractivity contribution is 6.03. The minimum atomic E-state index is -0.811. The van der Waals surface area contributed by atoms with Gasteiger partial charge in [0.15, 0.2) is 5.60 Å². The average molecular weight is 291 g/mol. The Kier molecular flexibility index (Phi) is 4.42. The minimum Gasteiger partial charge on any atom is -0.475 e. The molecular weight excluding hydrogens is 266 g/mol. The lowest BCUT2D eigenvalue weighted by atomic mass is 9.92. The number of hydrogen-bond donors (Lipinski definition) is 2. The summed E-state index contributed by atoms with van der Waals surface area (Å²) >= 11 is 0. The number of rotatable bonds is 5. The van der Waals surface area contributed by atoms with Crippen molar-refractivity contribution in [3.63, 3.8) is 0 Å². The highest BCUT2D eigenvalue weighted by atomic mass is 16.5. The van der Waals surface area contributed by atoms with E-state index in [1.165, 1.54) is 0 Å². The van der Waals surface area contributed by atoms with Crippen LogP contribution in [0, 0.1) is 0 Å². The summed E-state index contributed by atoms with van der Waals surface area (Å²) in [5.41, 5.74) is 12.5. The number of anilines is 2. The quantitative estimate of drug-likeness (QED) is 0.816. The average Bonchev–Trinajstić information content (AvgIpc) is 2.49. The molecule has 0 radical (unpaired) electrons. The fraction of sp³-hybridized carbons (Fsp3) is 0.562. The lowest BCUT2D eigenvalue weighted by Crippen LogP contribution is -2.57. The summed E-state index contributed by atoms with van der Waals surface area (Å²) < 4.78 is 6.04. The van der Waals surface area contributed by atoms with Crippen LogP contribution < -0.4 is 21.1 Å². The Labute approximate surface area is 126 Å². The topological polar surface area (TPSA) is 81.6 Å². The van der Waals surface area contributed by atoms with Crippen LogP contribution >= 0.6 is 0 Å². The first kappa shape index (κ1) is 15.6. The fourth-order valence-electron chi connectivity index (χ4n) is 2.69. The normalized spacial score (nSPS) is 18.1. The van der Waals surface area contributed by atoms with E-state index < -0.39 is 5.60 Å². The molecule has 0 aliphatic carbocycles. The van der Waals surface area contributed by atoms with Crippen LogP contribution in [-0.4, -0.2) is 24.1 Å². The van der Waals surface area contributed by atoms with Gasteiger partial charge in [-0.2, -0.15) is 0 Å². The van der Waals surface area contributed by atoms with Gasteiger partial charge < -0.3 is 21.1 Å². The Bertz CT molecular complexity index is 526. The Morgan fingerprint density at radius 1 is 1.29 bits per heavy atom. The fourth-order valence-corrected chi connectivity index (χ4v) is 2.69. The van der Waals surface area contributed by atoms with Gasteiger partial charge in [0, 0.05) is 24.3 Å². The molecule has 1 aromatic carbocycles. The summed E-state index contributed by atoms with van der Waals surface area (Å²) in [5.74, 6) is 0.662. The maximum atomic E-state index is 12.9. The molecule has 4 N–H and O–H groups in total. The van der Waals surface area contributed by atoms with Crippen molar-refractivity contribution >= 4 is 17.3 Å². The molecule has 0 saturated heterocycles. The Balaban J connectivity index is 2.49. The molecule has 21 heavy (non-hydrogen) atoms. The second kappa shape index (κ2) is 5.93. The van der Waals surface area contributed by atoms with Crippen molar-refractivity contribution in [1.29, 1.82) is 0 Å². The molecule has 1 amide bonds. The molecule has 0 saturated carbocycles. The van der Waals surface area contributed by atoms with E-state index in [9.17, 15) is 4.79 Å². The van der Waals surface area contributed by atoms with Crippen LogP contribution in [0.4, 0.5) is 11.4 Å². The number of amides is 1. The maximum absolute atomic E-state index is 12.9. The Hall–Kier alpha value is -1.75. The zero-order chi connectivity index (χ0) is 15.6. The van der Waals surface area contributed by atoms with Gasteiger partial charge >= 0.3 is 0 Å². The van der Waals surface area contributed by atoms with E-state index >= 15 is 0 Å². The van der Waals surface area contributed by atoms with Crippen LogP contribution in [0.3, 0.4) is 0 Å². The molecular formula is C16H25N3O2. The third kappa shape index (κ3) is 2.70. The molecule has 1 aromatic rings. The van der Waals surface area contributed by atoms with Gasteiger partial charge in [-0.3, -0.25) is 4.79 Å². The smallest absolute Gasteiger partial charge is 0.271 e. The van der Waals surface area contributed by atoms with Crippen molar-refractivity contribution in [3.05, 3.63) is 18.2 Å². The first-order chi connectivity index (χ1) is 9.97. The van der Waals surface area contributed by atoms with E-state index in [1.807, 2.05) is 26.8 Å². The molecule has 1 aliphatic rings. The number of benzene rings is 1. The minimum absolute atomic E-state index is 0.00586. The van der Waals surface area contributed by atoms with E-state index in [1.54, 1.807) is 17.0 Å². The molecule has 1 aliphatic heterocycles. The van der Waals surface area contributed by atoms with Gasteiger partial charge in [0.2, 0.25) is 0 Å². The zero-order valence-electron chi connectivity index (χ0n) is 13.1. The van der Waals surface area contributed by atoms with E-state index in [4.69, 9.17) is 16.2 Å². The number of carbonyl (C=O) groups excluding carboxylic acids is 1. The summed E-state index contributed by atoms with van der Waals surface area (Å²) in [4.78, 5) is 14.7. The molecule has 116 valence electrons. The van der Waals surface area contributed by atoms with E-state index in [-0.39, 0.29) is 11.9 Å². The third-order valence-corrected chi connectivity index (χ3v) is 4.30. The standard InChI is InChI=1S/C16H25N3O2/c1-4-11(17)10-19-13-8-7-12(18)9-14(13)21-16(5-2,6-3)15(19)20/h7-9,11H,4-6,10,17-18H2,1-3H3. The Morgan fingerprint density at radius 2 is 1.95 bits per heavy atom. The molecule has 0 bridgehead atoms. The molecule has 0 fully saturated rings. The largest absolute Gasteiger partial charge is 0.475 e. The predicted octanol–water partition coefficient (Wildman–Crippen LogP) is 2.29. The molecule has 0 aromatic heterocycles. The van der Waals surface area contributed by atoms with Crippen LogP contribution in [0.2, 0.25) is 0 Å². The van der Waals surface area contributed by atoms with Gasteiger partial charge in [0.25, 0.3) is 5.91 Å². The lowest BCUT2D eigenvalue weighted by molar-refractivity contribution is -0.136. The van der Waals surface area contributed by atoms with Gasteiger partial charge in [-0.25, -0.2) is 0 Å². The predicted molar refractivity (Wildman–Crippen MR) is 85.4 cm³/mol. The zero-order valence-corrected chi connectivity index (χ0v) is 13.1. The van der Waals surface area contributed by atoms with Crippen LogP contribution in [-0.2, 0) is 4.79 Å². The summed E-state index contributed by atoms with van der Waals surface area (Å²) in [5, 5.41) is 0. The number of nitrogens with zero attached hydrogens (tertiary/aromatic N) is 1. The van der Waals surface area contributed by atoms with E-state index in [0.29, 0.717) is 30.8 Å². The van der Waals surface area contributed by atoms with E-state index in [2.05, 4.69) is 0 Å². The summed E-state index contributed by atoms with van der Waals surface area (Å²) in [6.07, 6.45) is 2.06. The number of nitrogens with two attached hydrogens (primary N) is 2. The number of ether oxygens (including phenoxy) is 1. The molecule has 2 rings (SSSR count). The van der Waals surface area contributed by atoms with Crippen molar-refractivity contribution in [2.45, 2.75) is 51.7 Å². The summed E-state index contributed by atoms with van der Waals surface area (Å²) in [7, 11) is 0. The van der Waals surface area contributed by atoms with Crippen molar-refractivity contribution in [2.75, 3.05) is 17.2 Å². The first-order valence-corrected chi connectivity index (χ1v) is 7.63. The molecule has 0 spiro atoms.